The molecule has 3 heterocycles. The van der Waals surface area contributed by atoms with Crippen LogP contribution in [0.5, 0.6) is 0 Å². The quantitative estimate of drug-likeness (QED) is 0.367. The highest BCUT2D eigenvalue weighted by atomic mass is 32.2. The smallest absolute Gasteiger partial charge is 0.346 e. The summed E-state index contributed by atoms with van der Waals surface area (Å²) in [6.07, 6.45) is 0.776. The first kappa shape index (κ1) is 24.8. The van der Waals surface area contributed by atoms with Crippen LogP contribution in [-0.4, -0.2) is 56.8 Å². The molecule has 0 bridgehead atoms. The van der Waals surface area contributed by atoms with E-state index in [4.69, 9.17) is 0 Å². The Morgan fingerprint density at radius 1 is 1.31 bits per heavy atom. The van der Waals surface area contributed by atoms with Gasteiger partial charge in [0.15, 0.2) is 0 Å². The third kappa shape index (κ3) is 4.76. The number of nitriles is 1. The molecule has 0 spiro atoms. The van der Waals surface area contributed by atoms with Gasteiger partial charge in [-0.3, -0.25) is 4.68 Å². The molecule has 0 aliphatic heterocycles. The monoisotopic (exact) mass is 519 g/mol. The lowest BCUT2D eigenvalue weighted by Gasteiger charge is -2.19. The van der Waals surface area contributed by atoms with Gasteiger partial charge in [0.25, 0.3) is 10.0 Å². The van der Waals surface area contributed by atoms with Crippen molar-refractivity contribution in [2.45, 2.75) is 23.5 Å². The van der Waals surface area contributed by atoms with E-state index in [1.807, 2.05) is 6.07 Å². The van der Waals surface area contributed by atoms with Crippen LogP contribution in [0.3, 0.4) is 0 Å². The number of alkyl halides is 3. The number of hydrogen-bond acceptors (Lipinski definition) is 8. The Balaban J connectivity index is 1.66. The van der Waals surface area contributed by atoms with Gasteiger partial charge in [0.2, 0.25) is 0 Å². The first-order valence-corrected chi connectivity index (χ1v) is 11.5. The minimum atomic E-state index is -5.38. The summed E-state index contributed by atoms with van der Waals surface area (Å²) in [5.74, 6) is -2.68. The van der Waals surface area contributed by atoms with Crippen molar-refractivity contribution in [1.82, 2.24) is 29.2 Å². The minimum Gasteiger partial charge on any atom is -0.346 e. The number of rotatable bonds is 7. The molecule has 0 aliphatic rings. The maximum Gasteiger partial charge on any atom is 0.492 e. The second kappa shape index (κ2) is 9.40. The largest absolute Gasteiger partial charge is 0.492 e. The van der Waals surface area contributed by atoms with E-state index < -0.39 is 33.1 Å². The normalized spacial score (nSPS) is 13.0. The molecule has 36 heavy (non-hydrogen) atoms. The SMILES string of the molecule is CN(OC(=O)C(F)(F)F)S(=O)(=O)c1cccc(C(CC#N)n2cc(-c3ncnc4[nH]ccc34)cn2)c1. The number of hydrogen-bond donors (Lipinski definition) is 1. The number of carbonyl (C=O) groups excluding carboxylic acids is 1. The number of benzene rings is 1. The summed E-state index contributed by atoms with van der Waals surface area (Å²) in [5.41, 5.74) is 2.16. The summed E-state index contributed by atoms with van der Waals surface area (Å²) in [7, 11) is -3.98. The van der Waals surface area contributed by atoms with Gasteiger partial charge >= 0.3 is 12.1 Å². The molecular formula is C21H16F3N7O4S. The van der Waals surface area contributed by atoms with Crippen molar-refractivity contribution in [1.29, 1.82) is 5.26 Å². The number of aromatic nitrogens is 5. The van der Waals surface area contributed by atoms with Gasteiger partial charge in [-0.15, -0.1) is 0 Å². The van der Waals surface area contributed by atoms with E-state index in [2.05, 4.69) is 24.9 Å². The summed E-state index contributed by atoms with van der Waals surface area (Å²) >= 11 is 0. The Morgan fingerprint density at radius 3 is 2.81 bits per heavy atom. The number of nitrogens with one attached hydrogen (secondary N) is 1. The highest BCUT2D eigenvalue weighted by Gasteiger charge is 2.43. The van der Waals surface area contributed by atoms with Gasteiger partial charge in [-0.25, -0.2) is 23.2 Å². The number of hydroxylamine groups is 1. The van der Waals surface area contributed by atoms with Crippen molar-refractivity contribution >= 4 is 27.0 Å². The summed E-state index contributed by atoms with van der Waals surface area (Å²) in [4.78, 5) is 26.0. The molecule has 1 atom stereocenters. The molecule has 0 fully saturated rings. The van der Waals surface area contributed by atoms with Gasteiger partial charge in [-0.2, -0.15) is 23.5 Å². The number of H-pyrrole nitrogens is 1. The Labute approximate surface area is 201 Å². The summed E-state index contributed by atoms with van der Waals surface area (Å²) in [6, 6.07) is 8.26. The molecule has 15 heteroatoms. The molecule has 4 rings (SSSR count). The van der Waals surface area contributed by atoms with Crippen molar-refractivity contribution < 1.29 is 31.2 Å². The maximum absolute atomic E-state index is 12.7. The number of carbonyl (C=O) groups is 1. The Hall–Kier alpha value is -4.29. The molecule has 0 radical (unpaired) electrons. The number of sulfonamides is 1. The van der Waals surface area contributed by atoms with Crippen LogP contribution in [0.1, 0.15) is 18.0 Å². The Morgan fingerprint density at radius 2 is 2.08 bits per heavy atom. The third-order valence-electron chi connectivity index (χ3n) is 5.16. The molecule has 0 saturated heterocycles. The minimum absolute atomic E-state index is 0.104. The Kier molecular flexibility index (Phi) is 6.48. The summed E-state index contributed by atoms with van der Waals surface area (Å²) in [6.45, 7) is 0. The topological polar surface area (TPSA) is 147 Å². The van der Waals surface area contributed by atoms with Crippen molar-refractivity contribution in [3.05, 3.63) is 60.8 Å². The van der Waals surface area contributed by atoms with Gasteiger partial charge in [0.05, 0.1) is 35.3 Å². The van der Waals surface area contributed by atoms with Gasteiger partial charge in [-0.05, 0) is 28.2 Å². The second-order valence-corrected chi connectivity index (χ2v) is 9.35. The van der Waals surface area contributed by atoms with Crippen LogP contribution in [0.4, 0.5) is 13.2 Å². The molecule has 0 saturated carbocycles. The zero-order valence-electron chi connectivity index (χ0n) is 18.3. The molecule has 1 unspecified atom stereocenters. The lowest BCUT2D eigenvalue weighted by atomic mass is 10.0. The highest BCUT2D eigenvalue weighted by molar-refractivity contribution is 7.89. The number of nitrogens with zero attached hydrogens (tertiary/aromatic N) is 6. The van der Waals surface area contributed by atoms with Crippen molar-refractivity contribution in [2.24, 2.45) is 0 Å². The van der Waals surface area contributed by atoms with Crippen LogP contribution in [0.15, 0.2) is 60.1 Å². The van der Waals surface area contributed by atoms with Gasteiger partial charge < -0.3 is 9.82 Å². The number of aromatic amines is 1. The molecule has 1 N–H and O–H groups in total. The zero-order chi connectivity index (χ0) is 26.1. The fraction of sp³-hybridized carbons (Fsp3) is 0.190. The second-order valence-electron chi connectivity index (χ2n) is 7.41. The molecule has 0 amide bonds. The third-order valence-corrected chi connectivity index (χ3v) is 6.76. The maximum atomic E-state index is 12.7. The van der Waals surface area contributed by atoms with E-state index in [1.165, 1.54) is 29.3 Å². The van der Waals surface area contributed by atoms with E-state index >= 15 is 0 Å². The van der Waals surface area contributed by atoms with Gasteiger partial charge in [-0.1, -0.05) is 12.1 Å². The van der Waals surface area contributed by atoms with Crippen LogP contribution in [0.2, 0.25) is 0 Å². The Bertz CT molecular complexity index is 1570. The van der Waals surface area contributed by atoms with E-state index in [9.17, 15) is 31.6 Å². The summed E-state index contributed by atoms with van der Waals surface area (Å²) in [5, 5.41) is 14.4. The molecule has 0 aliphatic carbocycles. The van der Waals surface area contributed by atoms with Crippen molar-refractivity contribution in [3.63, 3.8) is 0 Å². The first-order valence-electron chi connectivity index (χ1n) is 10.1. The van der Waals surface area contributed by atoms with E-state index in [0.29, 0.717) is 29.5 Å². The van der Waals surface area contributed by atoms with Crippen molar-refractivity contribution in [2.75, 3.05) is 7.05 Å². The zero-order valence-corrected chi connectivity index (χ0v) is 19.2. The fourth-order valence-corrected chi connectivity index (χ4v) is 4.43. The van der Waals surface area contributed by atoms with Crippen LogP contribution in [-0.2, 0) is 19.7 Å². The van der Waals surface area contributed by atoms with Gasteiger partial charge in [0, 0.05) is 30.4 Å². The van der Waals surface area contributed by atoms with E-state index in [-0.39, 0.29) is 10.9 Å². The van der Waals surface area contributed by atoms with Crippen LogP contribution < -0.4 is 0 Å². The molecule has 11 nitrogen and oxygen atoms in total. The van der Waals surface area contributed by atoms with Crippen molar-refractivity contribution in [3.8, 4) is 17.3 Å². The first-order chi connectivity index (χ1) is 17.0. The van der Waals surface area contributed by atoms with Crippen LogP contribution in [0.25, 0.3) is 22.3 Å². The molecule has 1 aromatic carbocycles. The predicted octanol–water partition coefficient (Wildman–Crippen LogP) is 2.97. The van der Waals surface area contributed by atoms with E-state index in [0.717, 1.165) is 11.5 Å². The molecule has 3 aromatic heterocycles. The number of halogens is 3. The molecular weight excluding hydrogens is 503 g/mol. The van der Waals surface area contributed by atoms with E-state index in [1.54, 1.807) is 24.5 Å². The molecule has 4 aromatic rings. The van der Waals surface area contributed by atoms with Crippen LogP contribution >= 0.6 is 0 Å². The standard InChI is InChI=1S/C21H16F3N7O4S/c1-30(35-20(32)21(22,23)24)36(33,34)15-4-2-3-13(9-15)17(5-7-25)31-11-14(10-29-31)18-16-6-8-26-19(16)28-12-27-18/h2-4,6,8-12,17H,5H2,1H3,(H,26,27,28). The average molecular weight is 519 g/mol. The summed E-state index contributed by atoms with van der Waals surface area (Å²) < 4.78 is 64.2. The fourth-order valence-electron chi connectivity index (χ4n) is 3.43. The number of fused-ring (bicyclic) bond motifs is 1. The molecule has 186 valence electrons. The van der Waals surface area contributed by atoms with Gasteiger partial charge in [0.1, 0.15) is 12.0 Å². The lowest BCUT2D eigenvalue weighted by Crippen LogP contribution is -2.36. The lowest BCUT2D eigenvalue weighted by molar-refractivity contribution is -0.219. The average Bonchev–Trinajstić information content (AvgIpc) is 3.51. The highest BCUT2D eigenvalue weighted by Crippen LogP contribution is 2.29. The van der Waals surface area contributed by atoms with Crippen LogP contribution in [0, 0.1) is 11.3 Å². The predicted molar refractivity (Wildman–Crippen MR) is 117 cm³/mol.